The van der Waals surface area contributed by atoms with E-state index in [-0.39, 0.29) is 17.5 Å². The topological polar surface area (TPSA) is 20.3 Å². The molecule has 1 amide bonds. The average Bonchev–Trinajstić information content (AvgIpc) is 2.97. The molecule has 0 N–H and O–H groups in total. The summed E-state index contributed by atoms with van der Waals surface area (Å²) in [5.41, 5.74) is 0.977. The van der Waals surface area contributed by atoms with Gasteiger partial charge >= 0.3 is 0 Å². The van der Waals surface area contributed by atoms with Gasteiger partial charge in [0.25, 0.3) is 5.91 Å². The highest BCUT2D eigenvalue weighted by Crippen LogP contribution is 2.33. The summed E-state index contributed by atoms with van der Waals surface area (Å²) < 4.78 is 26.8. The molecule has 21 heavy (non-hydrogen) atoms. The van der Waals surface area contributed by atoms with Gasteiger partial charge in [-0.1, -0.05) is 30.3 Å². The van der Waals surface area contributed by atoms with Gasteiger partial charge in [0.2, 0.25) is 0 Å². The molecular formula is C17H15F2NO. The number of amides is 1. The predicted molar refractivity (Wildman–Crippen MR) is 75.8 cm³/mol. The van der Waals surface area contributed by atoms with Crippen molar-refractivity contribution in [3.05, 3.63) is 71.3 Å². The lowest BCUT2D eigenvalue weighted by Crippen LogP contribution is -2.31. The first-order valence-corrected chi connectivity index (χ1v) is 6.98. The van der Waals surface area contributed by atoms with Crippen LogP contribution in [0.2, 0.25) is 0 Å². The lowest BCUT2D eigenvalue weighted by Gasteiger charge is -2.25. The third-order valence-corrected chi connectivity index (χ3v) is 3.86. The Morgan fingerprint density at radius 3 is 2.57 bits per heavy atom. The molecule has 4 heteroatoms. The van der Waals surface area contributed by atoms with Crippen LogP contribution in [0, 0.1) is 11.6 Å². The van der Waals surface area contributed by atoms with E-state index in [1.807, 2.05) is 30.3 Å². The van der Waals surface area contributed by atoms with Gasteiger partial charge in [-0.2, -0.15) is 0 Å². The Labute approximate surface area is 122 Å². The molecule has 0 spiro atoms. The summed E-state index contributed by atoms with van der Waals surface area (Å²) in [5.74, 6) is -1.86. The van der Waals surface area contributed by atoms with E-state index >= 15 is 0 Å². The smallest absolute Gasteiger partial charge is 0.257 e. The van der Waals surface area contributed by atoms with Crippen molar-refractivity contribution in [1.82, 2.24) is 4.90 Å². The summed E-state index contributed by atoms with van der Waals surface area (Å²) in [6.45, 7) is 0.592. The number of nitrogens with zero attached hydrogens (tertiary/aromatic N) is 1. The van der Waals surface area contributed by atoms with Gasteiger partial charge in [0.05, 0.1) is 11.6 Å². The zero-order valence-electron chi connectivity index (χ0n) is 11.4. The quantitative estimate of drug-likeness (QED) is 0.819. The molecule has 0 radical (unpaired) electrons. The number of carbonyl (C=O) groups excluding carboxylic acids is 1. The number of benzene rings is 2. The maximum atomic E-state index is 13.8. The van der Waals surface area contributed by atoms with Gasteiger partial charge in [-0.3, -0.25) is 4.79 Å². The van der Waals surface area contributed by atoms with Crippen molar-refractivity contribution in [3.63, 3.8) is 0 Å². The fourth-order valence-electron chi connectivity index (χ4n) is 2.85. The fraction of sp³-hybridized carbons (Fsp3) is 0.235. The molecule has 2 aromatic carbocycles. The summed E-state index contributed by atoms with van der Waals surface area (Å²) in [4.78, 5) is 14.2. The second-order valence-corrected chi connectivity index (χ2v) is 5.19. The van der Waals surface area contributed by atoms with Gasteiger partial charge in [0.15, 0.2) is 0 Å². The number of rotatable bonds is 2. The highest BCUT2D eigenvalue weighted by Gasteiger charge is 2.31. The van der Waals surface area contributed by atoms with E-state index < -0.39 is 11.6 Å². The molecule has 1 unspecified atom stereocenters. The molecule has 0 aliphatic carbocycles. The predicted octanol–water partition coefficient (Wildman–Crippen LogP) is 3.94. The van der Waals surface area contributed by atoms with E-state index in [9.17, 15) is 13.6 Å². The van der Waals surface area contributed by atoms with Crippen LogP contribution in [-0.4, -0.2) is 17.4 Å². The van der Waals surface area contributed by atoms with Crippen LogP contribution >= 0.6 is 0 Å². The second kappa shape index (κ2) is 5.64. The zero-order chi connectivity index (χ0) is 14.8. The van der Waals surface area contributed by atoms with Crippen LogP contribution in [-0.2, 0) is 0 Å². The van der Waals surface area contributed by atoms with Gasteiger partial charge in [0, 0.05) is 12.6 Å². The standard InChI is InChI=1S/C17H15F2NO/c18-13-8-9-14(15(19)11-13)17(21)20-10-4-7-16(20)12-5-2-1-3-6-12/h1-3,5-6,8-9,11,16H,4,7,10H2. The van der Waals surface area contributed by atoms with Gasteiger partial charge in [0.1, 0.15) is 11.6 Å². The molecule has 3 rings (SSSR count). The van der Waals surface area contributed by atoms with E-state index in [0.29, 0.717) is 6.54 Å². The number of likely N-dealkylation sites (tertiary alicyclic amines) is 1. The minimum absolute atomic E-state index is 0.0387. The van der Waals surface area contributed by atoms with Crippen molar-refractivity contribution < 1.29 is 13.6 Å². The van der Waals surface area contributed by atoms with E-state index in [1.165, 1.54) is 6.07 Å². The monoisotopic (exact) mass is 287 g/mol. The number of hydrogen-bond donors (Lipinski definition) is 0. The Kier molecular flexibility index (Phi) is 3.69. The molecule has 1 heterocycles. The molecular weight excluding hydrogens is 272 g/mol. The molecule has 0 aromatic heterocycles. The summed E-state index contributed by atoms with van der Waals surface area (Å²) in [6.07, 6.45) is 1.74. The molecule has 1 fully saturated rings. The van der Waals surface area contributed by atoms with Crippen LogP contribution in [0.25, 0.3) is 0 Å². The van der Waals surface area contributed by atoms with Crippen molar-refractivity contribution in [2.45, 2.75) is 18.9 Å². The summed E-state index contributed by atoms with van der Waals surface area (Å²) in [6, 6.07) is 12.8. The molecule has 1 aliphatic rings. The number of hydrogen-bond acceptors (Lipinski definition) is 1. The summed E-state index contributed by atoms with van der Waals surface area (Å²) in [7, 11) is 0. The molecule has 0 bridgehead atoms. The lowest BCUT2D eigenvalue weighted by atomic mass is 10.0. The Hall–Kier alpha value is -2.23. The first-order valence-electron chi connectivity index (χ1n) is 6.98. The van der Waals surface area contributed by atoms with Crippen molar-refractivity contribution in [2.24, 2.45) is 0 Å². The Balaban J connectivity index is 1.90. The normalized spacial score (nSPS) is 18.0. The van der Waals surface area contributed by atoms with Gasteiger partial charge < -0.3 is 4.90 Å². The van der Waals surface area contributed by atoms with E-state index in [2.05, 4.69) is 0 Å². The van der Waals surface area contributed by atoms with Crippen molar-refractivity contribution in [3.8, 4) is 0 Å². The van der Waals surface area contributed by atoms with Crippen molar-refractivity contribution >= 4 is 5.91 Å². The maximum absolute atomic E-state index is 13.8. The molecule has 1 saturated heterocycles. The highest BCUT2D eigenvalue weighted by molar-refractivity contribution is 5.95. The first kappa shape index (κ1) is 13.7. The SMILES string of the molecule is O=C(c1ccc(F)cc1F)N1CCCC1c1ccccc1. The third-order valence-electron chi connectivity index (χ3n) is 3.86. The van der Waals surface area contributed by atoms with Crippen LogP contribution in [0.3, 0.4) is 0 Å². The summed E-state index contributed by atoms with van der Waals surface area (Å²) >= 11 is 0. The first-order chi connectivity index (χ1) is 10.2. The Morgan fingerprint density at radius 1 is 1.10 bits per heavy atom. The fourth-order valence-corrected chi connectivity index (χ4v) is 2.85. The molecule has 1 atom stereocenters. The van der Waals surface area contributed by atoms with Crippen molar-refractivity contribution in [2.75, 3.05) is 6.54 Å². The Bertz CT molecular complexity index is 657. The van der Waals surface area contributed by atoms with E-state index in [1.54, 1.807) is 4.90 Å². The van der Waals surface area contributed by atoms with Gasteiger partial charge in [-0.25, -0.2) is 8.78 Å². The number of halogens is 2. The largest absolute Gasteiger partial charge is 0.332 e. The van der Waals surface area contributed by atoms with Crippen LogP contribution in [0.5, 0.6) is 0 Å². The van der Waals surface area contributed by atoms with Crippen molar-refractivity contribution in [1.29, 1.82) is 0 Å². The minimum Gasteiger partial charge on any atom is -0.332 e. The number of carbonyl (C=O) groups is 1. The van der Waals surface area contributed by atoms with E-state index in [0.717, 1.165) is 30.5 Å². The minimum atomic E-state index is -0.807. The van der Waals surface area contributed by atoms with E-state index in [4.69, 9.17) is 0 Å². The summed E-state index contributed by atoms with van der Waals surface area (Å²) in [5, 5.41) is 0. The molecule has 2 nitrogen and oxygen atoms in total. The average molecular weight is 287 g/mol. The third kappa shape index (κ3) is 2.66. The Morgan fingerprint density at radius 2 is 1.86 bits per heavy atom. The zero-order valence-corrected chi connectivity index (χ0v) is 11.4. The van der Waals surface area contributed by atoms with Crippen LogP contribution in [0.4, 0.5) is 8.78 Å². The van der Waals surface area contributed by atoms with Gasteiger partial charge in [-0.05, 0) is 30.5 Å². The molecule has 108 valence electrons. The molecule has 1 aliphatic heterocycles. The van der Waals surface area contributed by atoms with Gasteiger partial charge in [-0.15, -0.1) is 0 Å². The molecule has 0 saturated carbocycles. The van der Waals surface area contributed by atoms with Crippen LogP contribution < -0.4 is 0 Å². The lowest BCUT2D eigenvalue weighted by molar-refractivity contribution is 0.0731. The second-order valence-electron chi connectivity index (χ2n) is 5.19. The molecule has 2 aromatic rings. The van der Waals surface area contributed by atoms with Crippen LogP contribution in [0.15, 0.2) is 48.5 Å². The van der Waals surface area contributed by atoms with Crippen LogP contribution in [0.1, 0.15) is 34.8 Å². The highest BCUT2D eigenvalue weighted by atomic mass is 19.1. The maximum Gasteiger partial charge on any atom is 0.257 e.